The number of nitrogens with one attached hydrogen (secondary N) is 2. The van der Waals surface area contributed by atoms with Gasteiger partial charge < -0.3 is 14.2 Å². The molecular weight excluding hydrogens is 388 g/mol. The Kier molecular flexibility index (Phi) is 8.92. The number of benzene rings is 2. The van der Waals surface area contributed by atoms with Crippen LogP contribution >= 0.6 is 0 Å². The zero-order valence-electron chi connectivity index (χ0n) is 16.8. The monoisotopic (exact) mass is 412 g/mol. The molecule has 0 aliphatic rings. The molecule has 2 aromatic carbocycles. The minimum absolute atomic E-state index is 0.290. The van der Waals surface area contributed by atoms with Crippen LogP contribution in [0.2, 0.25) is 0 Å². The van der Waals surface area contributed by atoms with Crippen molar-refractivity contribution in [3.05, 3.63) is 65.7 Å². The first-order chi connectivity index (χ1) is 14.5. The third-order valence-corrected chi connectivity index (χ3v) is 3.68. The lowest BCUT2D eigenvalue weighted by Gasteiger charge is -2.08. The molecule has 0 aliphatic carbocycles. The Morgan fingerprint density at radius 2 is 1.47 bits per heavy atom. The minimum atomic E-state index is -0.535. The number of hydrazine groups is 1. The molecule has 2 rings (SSSR count). The number of hydrogen-bond acceptors (Lipinski definition) is 6. The molecule has 2 aromatic rings. The molecule has 0 saturated heterocycles. The largest absolute Gasteiger partial charge is 0.494 e. The van der Waals surface area contributed by atoms with E-state index in [0.29, 0.717) is 24.5 Å². The highest BCUT2D eigenvalue weighted by molar-refractivity contribution is 5.93. The molecule has 0 bridgehead atoms. The van der Waals surface area contributed by atoms with E-state index < -0.39 is 17.8 Å². The van der Waals surface area contributed by atoms with Gasteiger partial charge in [0.1, 0.15) is 11.5 Å². The first kappa shape index (κ1) is 22.5. The number of esters is 1. The summed E-state index contributed by atoms with van der Waals surface area (Å²) in [4.78, 5) is 35.2. The van der Waals surface area contributed by atoms with E-state index in [1.165, 1.54) is 6.08 Å². The van der Waals surface area contributed by atoms with Gasteiger partial charge in [-0.2, -0.15) is 0 Å². The van der Waals surface area contributed by atoms with E-state index >= 15 is 0 Å². The van der Waals surface area contributed by atoms with E-state index in [2.05, 4.69) is 10.9 Å². The first-order valence-electron chi connectivity index (χ1n) is 9.41. The number of hydrogen-bond donors (Lipinski definition) is 2. The fourth-order valence-electron chi connectivity index (χ4n) is 2.27. The van der Waals surface area contributed by atoms with E-state index in [-0.39, 0.29) is 6.61 Å². The zero-order valence-corrected chi connectivity index (χ0v) is 16.8. The van der Waals surface area contributed by atoms with Crippen molar-refractivity contribution in [3.8, 4) is 11.5 Å². The van der Waals surface area contributed by atoms with Crippen molar-refractivity contribution in [2.45, 2.75) is 13.8 Å². The quantitative estimate of drug-likeness (QED) is 0.373. The Morgan fingerprint density at radius 3 is 2.10 bits per heavy atom. The predicted molar refractivity (Wildman–Crippen MR) is 111 cm³/mol. The Hall–Kier alpha value is -3.81. The summed E-state index contributed by atoms with van der Waals surface area (Å²) in [6, 6.07) is 13.4. The highest BCUT2D eigenvalue weighted by Gasteiger charge is 2.07. The van der Waals surface area contributed by atoms with Gasteiger partial charge in [-0.05, 0) is 61.9 Å². The molecule has 0 spiro atoms. The smallest absolute Gasteiger partial charge is 0.338 e. The fourth-order valence-corrected chi connectivity index (χ4v) is 2.27. The normalized spacial score (nSPS) is 10.3. The van der Waals surface area contributed by atoms with Crippen LogP contribution in [-0.4, -0.2) is 37.6 Å². The maximum atomic E-state index is 11.8. The number of amides is 2. The van der Waals surface area contributed by atoms with Crippen LogP contribution in [-0.2, 0) is 14.3 Å². The van der Waals surface area contributed by atoms with Crippen molar-refractivity contribution in [2.75, 3.05) is 19.8 Å². The average molecular weight is 412 g/mol. The molecule has 0 saturated carbocycles. The number of rotatable bonds is 9. The molecule has 8 nitrogen and oxygen atoms in total. The molecule has 0 radical (unpaired) electrons. The minimum Gasteiger partial charge on any atom is -0.494 e. The molecule has 0 atom stereocenters. The molecule has 0 fully saturated rings. The van der Waals surface area contributed by atoms with Crippen LogP contribution in [0.4, 0.5) is 0 Å². The van der Waals surface area contributed by atoms with Crippen LogP contribution < -0.4 is 20.3 Å². The summed E-state index contributed by atoms with van der Waals surface area (Å²) in [6.07, 6.45) is 2.91. The van der Waals surface area contributed by atoms with Crippen LogP contribution in [0.3, 0.4) is 0 Å². The van der Waals surface area contributed by atoms with Crippen LogP contribution in [0.15, 0.2) is 54.6 Å². The average Bonchev–Trinajstić information content (AvgIpc) is 2.76. The van der Waals surface area contributed by atoms with Gasteiger partial charge in [-0.1, -0.05) is 12.1 Å². The van der Waals surface area contributed by atoms with Crippen molar-refractivity contribution in [1.82, 2.24) is 10.9 Å². The van der Waals surface area contributed by atoms with Gasteiger partial charge >= 0.3 is 5.97 Å². The zero-order chi connectivity index (χ0) is 21.8. The lowest BCUT2D eigenvalue weighted by Crippen LogP contribution is -2.43. The molecule has 30 heavy (non-hydrogen) atoms. The number of carbonyl (C=O) groups excluding carboxylic acids is 3. The van der Waals surface area contributed by atoms with Crippen LogP contribution in [0, 0.1) is 0 Å². The van der Waals surface area contributed by atoms with Crippen molar-refractivity contribution in [3.63, 3.8) is 0 Å². The summed E-state index contributed by atoms with van der Waals surface area (Å²) in [6.45, 7) is 4.20. The Morgan fingerprint density at radius 1 is 0.833 bits per heavy atom. The standard InChI is InChI=1S/C22H24N2O6/c1-3-28-18-10-5-16(6-11-18)7-14-20(25)23-24-21(26)15-30-19-12-8-17(9-13-19)22(27)29-4-2/h5-14H,3-4,15H2,1-2H3,(H,23,25)(H,24,26)/b14-7+. The molecule has 0 aromatic heterocycles. The van der Waals surface area contributed by atoms with Gasteiger partial charge in [-0.15, -0.1) is 0 Å². The molecule has 0 aliphatic heterocycles. The molecule has 2 amide bonds. The summed E-state index contributed by atoms with van der Waals surface area (Å²) in [5, 5.41) is 0. The molecule has 2 N–H and O–H groups in total. The van der Waals surface area contributed by atoms with Gasteiger partial charge in [-0.3, -0.25) is 20.4 Å². The molecule has 8 heteroatoms. The molecule has 158 valence electrons. The van der Waals surface area contributed by atoms with Crippen molar-refractivity contribution >= 4 is 23.9 Å². The Labute approximate surface area is 174 Å². The third-order valence-electron chi connectivity index (χ3n) is 3.68. The Balaban J connectivity index is 1.72. The van der Waals surface area contributed by atoms with Crippen LogP contribution in [0.25, 0.3) is 6.08 Å². The second-order valence-corrected chi connectivity index (χ2v) is 5.91. The van der Waals surface area contributed by atoms with Gasteiger partial charge in [0.2, 0.25) is 0 Å². The number of ether oxygens (including phenoxy) is 3. The highest BCUT2D eigenvalue weighted by Crippen LogP contribution is 2.13. The third kappa shape index (κ3) is 7.67. The van der Waals surface area contributed by atoms with Gasteiger partial charge in [0.05, 0.1) is 18.8 Å². The number of carbonyl (C=O) groups is 3. The topological polar surface area (TPSA) is 103 Å². The van der Waals surface area contributed by atoms with E-state index in [1.807, 2.05) is 19.1 Å². The van der Waals surface area contributed by atoms with Crippen LogP contribution in [0.1, 0.15) is 29.8 Å². The van der Waals surface area contributed by atoms with Gasteiger partial charge in [0.15, 0.2) is 6.61 Å². The Bertz CT molecular complexity index is 876. The molecule has 0 unspecified atom stereocenters. The summed E-state index contributed by atoms with van der Waals surface area (Å²) in [5.41, 5.74) is 5.72. The van der Waals surface area contributed by atoms with Crippen molar-refractivity contribution in [1.29, 1.82) is 0 Å². The maximum absolute atomic E-state index is 11.8. The maximum Gasteiger partial charge on any atom is 0.338 e. The van der Waals surface area contributed by atoms with E-state index in [4.69, 9.17) is 14.2 Å². The van der Waals surface area contributed by atoms with E-state index in [9.17, 15) is 14.4 Å². The van der Waals surface area contributed by atoms with E-state index in [1.54, 1.807) is 49.4 Å². The summed E-state index contributed by atoms with van der Waals surface area (Å²) in [7, 11) is 0. The lowest BCUT2D eigenvalue weighted by atomic mass is 10.2. The van der Waals surface area contributed by atoms with Crippen LogP contribution in [0.5, 0.6) is 11.5 Å². The van der Waals surface area contributed by atoms with Gasteiger partial charge in [0.25, 0.3) is 11.8 Å². The molecular formula is C22H24N2O6. The second kappa shape index (κ2) is 11.9. The predicted octanol–water partition coefficient (Wildman–Crippen LogP) is 2.50. The summed E-state index contributed by atoms with van der Waals surface area (Å²) in [5.74, 6) is -0.298. The highest BCUT2D eigenvalue weighted by atomic mass is 16.5. The second-order valence-electron chi connectivity index (χ2n) is 5.91. The van der Waals surface area contributed by atoms with Gasteiger partial charge in [0, 0.05) is 6.08 Å². The fraction of sp³-hybridized carbons (Fsp3) is 0.227. The van der Waals surface area contributed by atoms with Crippen molar-refractivity contribution in [2.24, 2.45) is 0 Å². The SMILES string of the molecule is CCOC(=O)c1ccc(OCC(=O)NNC(=O)/C=C/c2ccc(OCC)cc2)cc1. The van der Waals surface area contributed by atoms with E-state index in [0.717, 1.165) is 11.3 Å². The van der Waals surface area contributed by atoms with Crippen molar-refractivity contribution < 1.29 is 28.6 Å². The molecule has 0 heterocycles. The summed E-state index contributed by atoms with van der Waals surface area (Å²) < 4.78 is 15.5. The van der Waals surface area contributed by atoms with Gasteiger partial charge in [-0.25, -0.2) is 4.79 Å². The first-order valence-corrected chi connectivity index (χ1v) is 9.41. The summed E-state index contributed by atoms with van der Waals surface area (Å²) >= 11 is 0. The lowest BCUT2D eigenvalue weighted by molar-refractivity contribution is -0.128.